The van der Waals surface area contributed by atoms with Crippen molar-refractivity contribution in [1.82, 2.24) is 19.7 Å². The van der Waals surface area contributed by atoms with E-state index in [9.17, 15) is 0 Å². The van der Waals surface area contributed by atoms with Crippen LogP contribution in [0.1, 0.15) is 5.69 Å². The fourth-order valence-electron chi connectivity index (χ4n) is 2.13. The molecule has 0 aromatic carbocycles. The van der Waals surface area contributed by atoms with Gasteiger partial charge in [0, 0.05) is 50.5 Å². The van der Waals surface area contributed by atoms with Crippen molar-refractivity contribution in [2.75, 3.05) is 31.1 Å². The zero-order chi connectivity index (χ0) is 11.0. The number of imidazole rings is 1. The Labute approximate surface area is 94.1 Å². The third-order valence-corrected chi connectivity index (χ3v) is 3.01. The summed E-state index contributed by atoms with van der Waals surface area (Å²) in [5.74, 6) is 0.997. The Hall–Kier alpha value is -1.62. The Morgan fingerprint density at radius 3 is 2.88 bits per heavy atom. The molecule has 1 aliphatic heterocycles. The van der Waals surface area contributed by atoms with Crippen molar-refractivity contribution < 1.29 is 0 Å². The van der Waals surface area contributed by atoms with Gasteiger partial charge in [0.1, 0.15) is 0 Å². The van der Waals surface area contributed by atoms with E-state index in [-0.39, 0.29) is 0 Å². The average Bonchev–Trinajstić information content (AvgIpc) is 2.81. The summed E-state index contributed by atoms with van der Waals surface area (Å²) in [6.07, 6.45) is 5.72. The molecule has 3 heterocycles. The van der Waals surface area contributed by atoms with Crippen LogP contribution in [0.15, 0.2) is 18.6 Å². The first-order chi connectivity index (χ1) is 7.86. The largest absolute Gasteiger partial charge is 0.351 e. The normalized spacial score (nSPS) is 16.9. The van der Waals surface area contributed by atoms with Gasteiger partial charge in [0.05, 0.1) is 0 Å². The minimum atomic E-state index is 0.960. The molecule has 0 bridgehead atoms. The maximum atomic E-state index is 4.52. The molecule has 0 radical (unpaired) electrons. The molecule has 1 saturated heterocycles. The molecule has 5 nitrogen and oxygen atoms in total. The van der Waals surface area contributed by atoms with Crippen molar-refractivity contribution in [3.8, 4) is 0 Å². The van der Waals surface area contributed by atoms with Crippen LogP contribution in [0.25, 0.3) is 5.65 Å². The maximum Gasteiger partial charge on any atom is 0.180 e. The summed E-state index contributed by atoms with van der Waals surface area (Å²) >= 11 is 0. The van der Waals surface area contributed by atoms with E-state index in [4.69, 9.17) is 0 Å². The highest BCUT2D eigenvalue weighted by molar-refractivity contribution is 5.64. The van der Waals surface area contributed by atoms with E-state index in [2.05, 4.69) is 24.6 Å². The van der Waals surface area contributed by atoms with Crippen LogP contribution in [0.5, 0.6) is 0 Å². The van der Waals surface area contributed by atoms with Crippen molar-refractivity contribution in [3.05, 3.63) is 24.3 Å². The SMILES string of the molecule is Cc1cnc(N2CCNCC2)c2nccn12. The first-order valence-electron chi connectivity index (χ1n) is 5.60. The predicted molar refractivity (Wildman–Crippen MR) is 62.8 cm³/mol. The van der Waals surface area contributed by atoms with Gasteiger partial charge < -0.3 is 10.2 Å². The van der Waals surface area contributed by atoms with Crippen molar-refractivity contribution in [3.63, 3.8) is 0 Å². The molecule has 3 rings (SSSR count). The average molecular weight is 217 g/mol. The van der Waals surface area contributed by atoms with E-state index in [1.165, 1.54) is 0 Å². The van der Waals surface area contributed by atoms with Crippen LogP contribution in [0.3, 0.4) is 0 Å². The van der Waals surface area contributed by atoms with E-state index in [0.717, 1.165) is 43.3 Å². The minimum Gasteiger partial charge on any atom is -0.351 e. The topological polar surface area (TPSA) is 45.5 Å². The summed E-state index contributed by atoms with van der Waals surface area (Å²) < 4.78 is 2.09. The minimum absolute atomic E-state index is 0.960. The standard InChI is InChI=1S/C11H15N5/c1-9-8-14-10(11-13-4-7-16(9)11)15-5-2-12-3-6-15/h4,7-8,12H,2-3,5-6H2,1H3. The van der Waals surface area contributed by atoms with Crippen LogP contribution < -0.4 is 10.2 Å². The number of rotatable bonds is 1. The van der Waals surface area contributed by atoms with E-state index in [0.29, 0.717) is 0 Å². The zero-order valence-corrected chi connectivity index (χ0v) is 9.35. The molecule has 5 heteroatoms. The summed E-state index contributed by atoms with van der Waals surface area (Å²) in [7, 11) is 0. The van der Waals surface area contributed by atoms with Crippen molar-refractivity contribution in [2.24, 2.45) is 0 Å². The van der Waals surface area contributed by atoms with E-state index in [1.807, 2.05) is 25.5 Å². The molecule has 1 fully saturated rings. The van der Waals surface area contributed by atoms with Gasteiger partial charge in [-0.2, -0.15) is 0 Å². The predicted octanol–water partition coefficient (Wildman–Crippen LogP) is 0.447. The summed E-state index contributed by atoms with van der Waals surface area (Å²) in [6, 6.07) is 0. The highest BCUT2D eigenvalue weighted by atomic mass is 15.3. The van der Waals surface area contributed by atoms with Gasteiger partial charge in [-0.1, -0.05) is 0 Å². The number of hydrogen-bond acceptors (Lipinski definition) is 4. The molecular formula is C11H15N5. The number of nitrogens with one attached hydrogen (secondary N) is 1. The third kappa shape index (κ3) is 1.44. The smallest absolute Gasteiger partial charge is 0.180 e. The van der Waals surface area contributed by atoms with E-state index in [1.54, 1.807) is 0 Å². The molecule has 0 atom stereocenters. The van der Waals surface area contributed by atoms with Gasteiger partial charge in [0.2, 0.25) is 0 Å². The van der Waals surface area contributed by atoms with Crippen molar-refractivity contribution in [1.29, 1.82) is 0 Å². The van der Waals surface area contributed by atoms with Gasteiger partial charge in [-0.25, -0.2) is 9.97 Å². The second-order valence-corrected chi connectivity index (χ2v) is 4.08. The van der Waals surface area contributed by atoms with E-state index >= 15 is 0 Å². The van der Waals surface area contributed by atoms with Gasteiger partial charge in [0.15, 0.2) is 11.5 Å². The number of nitrogens with zero attached hydrogens (tertiary/aromatic N) is 4. The molecule has 2 aromatic rings. The summed E-state index contributed by atoms with van der Waals surface area (Å²) in [5, 5.41) is 3.34. The molecule has 0 unspecified atom stereocenters. The fourth-order valence-corrected chi connectivity index (χ4v) is 2.13. The third-order valence-electron chi connectivity index (χ3n) is 3.01. The lowest BCUT2D eigenvalue weighted by molar-refractivity contribution is 0.585. The van der Waals surface area contributed by atoms with Crippen LogP contribution in [0, 0.1) is 6.92 Å². The van der Waals surface area contributed by atoms with Crippen LogP contribution in [0.4, 0.5) is 5.82 Å². The first-order valence-corrected chi connectivity index (χ1v) is 5.60. The molecule has 1 aliphatic rings. The van der Waals surface area contributed by atoms with Crippen LogP contribution >= 0.6 is 0 Å². The molecule has 0 saturated carbocycles. The van der Waals surface area contributed by atoms with Crippen molar-refractivity contribution >= 4 is 11.5 Å². The number of hydrogen-bond donors (Lipinski definition) is 1. The highest BCUT2D eigenvalue weighted by Gasteiger charge is 2.16. The molecule has 1 N–H and O–H groups in total. The van der Waals surface area contributed by atoms with Crippen LogP contribution in [0.2, 0.25) is 0 Å². The second kappa shape index (κ2) is 3.75. The molecule has 16 heavy (non-hydrogen) atoms. The second-order valence-electron chi connectivity index (χ2n) is 4.08. The van der Waals surface area contributed by atoms with Gasteiger partial charge in [-0.3, -0.25) is 4.40 Å². The molecule has 2 aromatic heterocycles. The number of fused-ring (bicyclic) bond motifs is 1. The van der Waals surface area contributed by atoms with Crippen molar-refractivity contribution in [2.45, 2.75) is 6.92 Å². The Morgan fingerprint density at radius 1 is 1.25 bits per heavy atom. The molecule has 84 valence electrons. The molecule has 0 aliphatic carbocycles. The number of piperazine rings is 1. The van der Waals surface area contributed by atoms with E-state index < -0.39 is 0 Å². The fraction of sp³-hybridized carbons (Fsp3) is 0.455. The van der Waals surface area contributed by atoms with Crippen LogP contribution in [-0.2, 0) is 0 Å². The number of anilines is 1. The lowest BCUT2D eigenvalue weighted by Crippen LogP contribution is -2.44. The highest BCUT2D eigenvalue weighted by Crippen LogP contribution is 2.18. The Morgan fingerprint density at radius 2 is 2.06 bits per heavy atom. The Kier molecular flexibility index (Phi) is 2.25. The maximum absolute atomic E-state index is 4.52. The van der Waals surface area contributed by atoms with Gasteiger partial charge in [-0.05, 0) is 6.92 Å². The summed E-state index contributed by atoms with van der Waals surface area (Å²) in [4.78, 5) is 11.2. The lowest BCUT2D eigenvalue weighted by atomic mass is 10.3. The number of aromatic nitrogens is 3. The monoisotopic (exact) mass is 217 g/mol. The summed E-state index contributed by atoms with van der Waals surface area (Å²) in [6.45, 7) is 6.07. The Bertz CT molecular complexity index is 498. The quantitative estimate of drug-likeness (QED) is 0.753. The molecule has 0 amide bonds. The first kappa shape index (κ1) is 9.59. The summed E-state index contributed by atoms with van der Waals surface area (Å²) in [5.41, 5.74) is 2.08. The lowest BCUT2D eigenvalue weighted by Gasteiger charge is -2.28. The van der Waals surface area contributed by atoms with Gasteiger partial charge in [-0.15, -0.1) is 0 Å². The molecular weight excluding hydrogens is 202 g/mol. The number of aryl methyl sites for hydroxylation is 1. The van der Waals surface area contributed by atoms with Gasteiger partial charge in [0.25, 0.3) is 0 Å². The molecule has 0 spiro atoms. The zero-order valence-electron chi connectivity index (χ0n) is 9.35. The Balaban J connectivity index is 2.08. The van der Waals surface area contributed by atoms with Crippen LogP contribution in [-0.4, -0.2) is 40.5 Å². The van der Waals surface area contributed by atoms with Gasteiger partial charge >= 0.3 is 0 Å².